The van der Waals surface area contributed by atoms with Crippen LogP contribution in [0.2, 0.25) is 0 Å². The molecule has 1 rings (SSSR count). The third-order valence-electron chi connectivity index (χ3n) is 1.55. The highest BCUT2D eigenvalue weighted by Gasteiger charge is 2.13. The molecule has 1 aliphatic rings. The molecular formula is C7H15N3O. The highest BCUT2D eigenvalue weighted by molar-refractivity contribution is 5.74. The second kappa shape index (κ2) is 3.57. The van der Waals surface area contributed by atoms with E-state index in [9.17, 15) is 4.79 Å². The third kappa shape index (κ3) is 2.76. The van der Waals surface area contributed by atoms with E-state index >= 15 is 0 Å². The number of hydrogen-bond donors (Lipinski definition) is 2. The minimum atomic E-state index is -0.0648. The minimum absolute atomic E-state index is 0.0648. The zero-order valence-electron chi connectivity index (χ0n) is 7.05. The fraction of sp³-hybridized carbons (Fsp3) is 0.857. The Labute approximate surface area is 66.9 Å². The van der Waals surface area contributed by atoms with E-state index in [-0.39, 0.29) is 6.03 Å². The summed E-state index contributed by atoms with van der Waals surface area (Å²) in [5.74, 6) is 0.645. The van der Waals surface area contributed by atoms with Gasteiger partial charge in [-0.15, -0.1) is 0 Å². The van der Waals surface area contributed by atoms with Crippen molar-refractivity contribution < 1.29 is 4.79 Å². The molecule has 0 atom stereocenters. The first-order valence-electron chi connectivity index (χ1n) is 3.92. The SMILES string of the molecule is CC(C)CN1CNC(=O)NC1. The summed E-state index contributed by atoms with van der Waals surface area (Å²) < 4.78 is 0. The van der Waals surface area contributed by atoms with Crippen molar-refractivity contribution in [3.8, 4) is 0 Å². The normalized spacial score (nSPS) is 19.7. The van der Waals surface area contributed by atoms with Crippen LogP contribution in [0.5, 0.6) is 0 Å². The smallest absolute Gasteiger partial charge is 0.316 e. The summed E-state index contributed by atoms with van der Waals surface area (Å²) in [6.07, 6.45) is 0. The Kier molecular flexibility index (Phi) is 2.70. The van der Waals surface area contributed by atoms with Crippen LogP contribution < -0.4 is 10.6 Å². The summed E-state index contributed by atoms with van der Waals surface area (Å²) in [4.78, 5) is 12.8. The molecule has 0 aliphatic carbocycles. The first kappa shape index (κ1) is 8.33. The molecule has 64 valence electrons. The number of carbonyl (C=O) groups is 1. The topological polar surface area (TPSA) is 44.4 Å². The van der Waals surface area contributed by atoms with Crippen molar-refractivity contribution in [1.29, 1.82) is 0 Å². The van der Waals surface area contributed by atoms with E-state index in [2.05, 4.69) is 29.4 Å². The van der Waals surface area contributed by atoms with E-state index < -0.39 is 0 Å². The van der Waals surface area contributed by atoms with Crippen molar-refractivity contribution in [3.63, 3.8) is 0 Å². The van der Waals surface area contributed by atoms with Crippen LogP contribution in [0, 0.1) is 5.92 Å². The maximum Gasteiger partial charge on any atom is 0.316 e. The summed E-state index contributed by atoms with van der Waals surface area (Å²) in [6, 6.07) is -0.0648. The number of nitrogens with zero attached hydrogens (tertiary/aromatic N) is 1. The van der Waals surface area contributed by atoms with Gasteiger partial charge in [-0.2, -0.15) is 0 Å². The Morgan fingerprint density at radius 3 is 2.45 bits per heavy atom. The van der Waals surface area contributed by atoms with Crippen LogP contribution in [-0.4, -0.2) is 30.8 Å². The molecule has 0 radical (unpaired) electrons. The van der Waals surface area contributed by atoms with E-state index in [0.29, 0.717) is 19.3 Å². The van der Waals surface area contributed by atoms with Gasteiger partial charge in [-0.3, -0.25) is 4.90 Å². The monoisotopic (exact) mass is 157 g/mol. The van der Waals surface area contributed by atoms with Gasteiger partial charge < -0.3 is 10.6 Å². The van der Waals surface area contributed by atoms with Gasteiger partial charge in [0, 0.05) is 6.54 Å². The van der Waals surface area contributed by atoms with Crippen molar-refractivity contribution in [1.82, 2.24) is 15.5 Å². The van der Waals surface area contributed by atoms with Crippen LogP contribution in [0.1, 0.15) is 13.8 Å². The average Bonchev–Trinajstić information content (AvgIpc) is 1.93. The van der Waals surface area contributed by atoms with Gasteiger partial charge >= 0.3 is 6.03 Å². The first-order chi connectivity index (χ1) is 5.18. The quantitative estimate of drug-likeness (QED) is 0.600. The Hall–Kier alpha value is -0.770. The molecule has 0 unspecified atom stereocenters. The molecule has 0 aromatic rings. The highest BCUT2D eigenvalue weighted by atomic mass is 16.2. The van der Waals surface area contributed by atoms with Gasteiger partial charge in [-0.1, -0.05) is 13.8 Å². The molecule has 2 N–H and O–H groups in total. The van der Waals surface area contributed by atoms with Gasteiger partial charge in [0.1, 0.15) is 0 Å². The van der Waals surface area contributed by atoms with Gasteiger partial charge in [0.15, 0.2) is 0 Å². The van der Waals surface area contributed by atoms with E-state index in [1.807, 2.05) is 0 Å². The van der Waals surface area contributed by atoms with Gasteiger partial charge in [0.05, 0.1) is 13.3 Å². The molecule has 2 amide bonds. The molecule has 0 spiro atoms. The standard InChI is InChI=1S/C7H15N3O/c1-6(2)3-10-4-8-7(11)9-5-10/h6H,3-5H2,1-2H3,(H2,8,9,11). The maximum absolute atomic E-state index is 10.6. The number of rotatable bonds is 2. The van der Waals surface area contributed by atoms with Crippen LogP contribution in [0.25, 0.3) is 0 Å². The molecule has 0 bridgehead atoms. The van der Waals surface area contributed by atoms with Crippen LogP contribution >= 0.6 is 0 Å². The van der Waals surface area contributed by atoms with E-state index in [1.165, 1.54) is 0 Å². The molecule has 0 aromatic heterocycles. The molecular weight excluding hydrogens is 142 g/mol. The van der Waals surface area contributed by atoms with Crippen molar-refractivity contribution in [2.75, 3.05) is 19.9 Å². The van der Waals surface area contributed by atoms with Crippen LogP contribution in [0.4, 0.5) is 4.79 Å². The molecule has 1 heterocycles. The molecule has 4 nitrogen and oxygen atoms in total. The average molecular weight is 157 g/mol. The predicted molar refractivity (Wildman–Crippen MR) is 42.9 cm³/mol. The Balaban J connectivity index is 2.22. The van der Waals surface area contributed by atoms with Crippen LogP contribution in [0.3, 0.4) is 0 Å². The van der Waals surface area contributed by atoms with Crippen molar-refractivity contribution >= 4 is 6.03 Å². The fourth-order valence-electron chi connectivity index (χ4n) is 1.13. The summed E-state index contributed by atoms with van der Waals surface area (Å²) >= 11 is 0. The van der Waals surface area contributed by atoms with E-state index in [1.54, 1.807) is 0 Å². The predicted octanol–water partition coefficient (Wildman–Crippen LogP) is 0.172. The number of nitrogens with one attached hydrogen (secondary N) is 2. The summed E-state index contributed by atoms with van der Waals surface area (Å²) in [7, 11) is 0. The summed E-state index contributed by atoms with van der Waals surface area (Å²) in [5, 5.41) is 5.43. The molecule has 1 saturated heterocycles. The van der Waals surface area contributed by atoms with Crippen molar-refractivity contribution in [2.24, 2.45) is 5.92 Å². The van der Waals surface area contributed by atoms with Gasteiger partial charge in [-0.05, 0) is 5.92 Å². The summed E-state index contributed by atoms with van der Waals surface area (Å²) in [6.45, 7) is 6.69. The Morgan fingerprint density at radius 1 is 1.45 bits per heavy atom. The lowest BCUT2D eigenvalue weighted by atomic mass is 10.2. The lowest BCUT2D eigenvalue weighted by molar-refractivity contribution is 0.171. The Bertz CT molecular complexity index is 137. The molecule has 1 aliphatic heterocycles. The molecule has 11 heavy (non-hydrogen) atoms. The lowest BCUT2D eigenvalue weighted by Crippen LogP contribution is -2.54. The number of urea groups is 1. The van der Waals surface area contributed by atoms with Crippen molar-refractivity contribution in [3.05, 3.63) is 0 Å². The number of carbonyl (C=O) groups excluding carboxylic acids is 1. The zero-order chi connectivity index (χ0) is 8.27. The molecule has 0 aromatic carbocycles. The first-order valence-corrected chi connectivity index (χ1v) is 3.92. The van der Waals surface area contributed by atoms with Crippen molar-refractivity contribution in [2.45, 2.75) is 13.8 Å². The van der Waals surface area contributed by atoms with E-state index in [4.69, 9.17) is 0 Å². The maximum atomic E-state index is 10.6. The number of amides is 2. The molecule has 4 heteroatoms. The van der Waals surface area contributed by atoms with Crippen LogP contribution in [0.15, 0.2) is 0 Å². The van der Waals surface area contributed by atoms with E-state index in [0.717, 1.165) is 6.54 Å². The van der Waals surface area contributed by atoms with Crippen LogP contribution in [-0.2, 0) is 0 Å². The highest BCUT2D eigenvalue weighted by Crippen LogP contribution is 1.97. The van der Waals surface area contributed by atoms with Gasteiger partial charge in [0.2, 0.25) is 0 Å². The minimum Gasteiger partial charge on any atom is -0.325 e. The molecule has 0 saturated carbocycles. The van der Waals surface area contributed by atoms with Gasteiger partial charge in [-0.25, -0.2) is 4.79 Å². The second-order valence-electron chi connectivity index (χ2n) is 3.25. The second-order valence-corrected chi connectivity index (χ2v) is 3.25. The lowest BCUT2D eigenvalue weighted by Gasteiger charge is -2.28. The largest absolute Gasteiger partial charge is 0.325 e. The number of hydrogen-bond acceptors (Lipinski definition) is 2. The zero-order valence-corrected chi connectivity index (χ0v) is 7.05. The van der Waals surface area contributed by atoms with Gasteiger partial charge in [0.25, 0.3) is 0 Å². The third-order valence-corrected chi connectivity index (χ3v) is 1.55. The Morgan fingerprint density at radius 2 is 2.00 bits per heavy atom. The molecule has 1 fully saturated rings. The fourth-order valence-corrected chi connectivity index (χ4v) is 1.13. The summed E-state index contributed by atoms with van der Waals surface area (Å²) in [5.41, 5.74) is 0.